The lowest BCUT2D eigenvalue weighted by molar-refractivity contribution is 0.295. The van der Waals surface area contributed by atoms with E-state index in [2.05, 4.69) is 0 Å². The highest BCUT2D eigenvalue weighted by atomic mass is 32.2. The highest BCUT2D eigenvalue weighted by Gasteiger charge is 2.20. The smallest absolute Gasteiger partial charge is 0.159 e. The minimum atomic E-state index is -3.24. The summed E-state index contributed by atoms with van der Waals surface area (Å²) >= 11 is 0. The molecular weight excluding hydrogens is 224 g/mol. The first kappa shape index (κ1) is 13.2. The monoisotopic (exact) mass is 242 g/mol. The molecular formula is C12H18O3S. The Morgan fingerprint density at radius 2 is 1.88 bits per heavy atom. The maximum atomic E-state index is 11.8. The summed E-state index contributed by atoms with van der Waals surface area (Å²) in [5, 5.41) is 8.17. The Morgan fingerprint density at radius 1 is 1.25 bits per heavy atom. The third-order valence-corrected chi connectivity index (χ3v) is 4.92. The van der Waals surface area contributed by atoms with Crippen molar-refractivity contribution in [3.63, 3.8) is 0 Å². The van der Waals surface area contributed by atoms with Gasteiger partial charge in [-0.05, 0) is 37.5 Å². The zero-order valence-electron chi connectivity index (χ0n) is 9.90. The van der Waals surface area contributed by atoms with Crippen molar-refractivity contribution in [2.75, 3.05) is 6.61 Å². The van der Waals surface area contributed by atoms with Crippen molar-refractivity contribution >= 4 is 9.84 Å². The third kappa shape index (κ3) is 3.06. The Hall–Kier alpha value is -0.870. The summed E-state index contributed by atoms with van der Waals surface area (Å²) in [6, 6.07) is 5.63. The molecule has 0 radical (unpaired) electrons. The van der Waals surface area contributed by atoms with Gasteiger partial charge in [-0.2, -0.15) is 0 Å². The predicted octanol–water partition coefficient (Wildman–Crippen LogP) is 1.60. The minimum Gasteiger partial charge on any atom is -0.395 e. The van der Waals surface area contributed by atoms with Gasteiger partial charge < -0.3 is 5.11 Å². The Morgan fingerprint density at radius 3 is 2.38 bits per heavy atom. The van der Waals surface area contributed by atoms with Crippen LogP contribution in [0.15, 0.2) is 18.2 Å². The molecule has 90 valence electrons. The summed E-state index contributed by atoms with van der Waals surface area (Å²) in [4.78, 5) is 0. The lowest BCUT2D eigenvalue weighted by Gasteiger charge is -2.11. The standard InChI is InChI=1S/C12H18O3S/c1-9-4-5-12(6-10(9)2)8-16(14,15)11(3)7-13/h4-6,11,13H,7-8H2,1-3H3/t11-/m1/s1. The van der Waals surface area contributed by atoms with Crippen LogP contribution in [0.5, 0.6) is 0 Å². The molecule has 1 aromatic rings. The Balaban J connectivity index is 2.93. The Kier molecular flexibility index (Phi) is 4.10. The van der Waals surface area contributed by atoms with Crippen molar-refractivity contribution in [3.05, 3.63) is 34.9 Å². The number of benzene rings is 1. The summed E-state index contributed by atoms with van der Waals surface area (Å²) in [6.45, 7) is 5.15. The Bertz CT molecular complexity index is 463. The van der Waals surface area contributed by atoms with Crippen molar-refractivity contribution in [2.24, 2.45) is 0 Å². The average molecular weight is 242 g/mol. The van der Waals surface area contributed by atoms with Crippen LogP contribution in [-0.4, -0.2) is 25.4 Å². The number of rotatable bonds is 4. The summed E-state index contributed by atoms with van der Waals surface area (Å²) < 4.78 is 23.5. The van der Waals surface area contributed by atoms with E-state index >= 15 is 0 Å². The summed E-state index contributed by atoms with van der Waals surface area (Å²) in [5.41, 5.74) is 3.02. The maximum absolute atomic E-state index is 11.8. The molecule has 3 nitrogen and oxygen atoms in total. The van der Waals surface area contributed by atoms with Crippen LogP contribution in [0.25, 0.3) is 0 Å². The van der Waals surface area contributed by atoms with Gasteiger partial charge in [-0.25, -0.2) is 8.42 Å². The lowest BCUT2D eigenvalue weighted by atomic mass is 10.1. The molecule has 0 bridgehead atoms. The summed E-state index contributed by atoms with van der Waals surface area (Å²) in [7, 11) is -3.24. The summed E-state index contributed by atoms with van der Waals surface area (Å²) in [5.74, 6) is -0.00412. The fraction of sp³-hybridized carbons (Fsp3) is 0.500. The molecule has 0 aliphatic heterocycles. The largest absolute Gasteiger partial charge is 0.395 e. The van der Waals surface area contributed by atoms with Crippen molar-refractivity contribution in [1.82, 2.24) is 0 Å². The second kappa shape index (κ2) is 4.97. The number of hydrogen-bond acceptors (Lipinski definition) is 3. The van der Waals surface area contributed by atoms with Gasteiger partial charge in [-0.3, -0.25) is 0 Å². The SMILES string of the molecule is Cc1ccc(CS(=O)(=O)[C@H](C)CO)cc1C. The van der Waals surface area contributed by atoms with E-state index in [1.807, 2.05) is 32.0 Å². The molecule has 0 heterocycles. The molecule has 0 saturated carbocycles. The van der Waals surface area contributed by atoms with E-state index in [0.29, 0.717) is 0 Å². The predicted molar refractivity (Wildman–Crippen MR) is 65.1 cm³/mol. The number of aliphatic hydroxyl groups is 1. The number of aryl methyl sites for hydroxylation is 2. The van der Waals surface area contributed by atoms with Crippen LogP contribution < -0.4 is 0 Å². The van der Waals surface area contributed by atoms with E-state index < -0.39 is 15.1 Å². The first-order valence-corrected chi connectivity index (χ1v) is 6.97. The van der Waals surface area contributed by atoms with Gasteiger partial charge in [0.25, 0.3) is 0 Å². The normalized spacial score (nSPS) is 13.8. The van der Waals surface area contributed by atoms with E-state index in [1.165, 1.54) is 6.92 Å². The maximum Gasteiger partial charge on any atom is 0.159 e. The molecule has 1 N–H and O–H groups in total. The molecule has 0 aliphatic carbocycles. The molecule has 4 heteroatoms. The fourth-order valence-electron chi connectivity index (χ4n) is 1.38. The highest BCUT2D eigenvalue weighted by Crippen LogP contribution is 2.15. The van der Waals surface area contributed by atoms with E-state index in [9.17, 15) is 8.42 Å². The fourth-order valence-corrected chi connectivity index (χ4v) is 2.54. The van der Waals surface area contributed by atoms with Gasteiger partial charge in [-0.15, -0.1) is 0 Å². The molecule has 0 unspecified atom stereocenters. The number of hydrogen-bond donors (Lipinski definition) is 1. The zero-order chi connectivity index (χ0) is 12.3. The van der Waals surface area contributed by atoms with Crippen LogP contribution >= 0.6 is 0 Å². The first-order valence-electron chi connectivity index (χ1n) is 5.25. The molecule has 0 aliphatic rings. The van der Waals surface area contributed by atoms with Gasteiger partial charge in [0.1, 0.15) is 0 Å². The van der Waals surface area contributed by atoms with Gasteiger partial charge in [0, 0.05) is 0 Å². The van der Waals surface area contributed by atoms with Crippen LogP contribution in [0.3, 0.4) is 0 Å². The van der Waals surface area contributed by atoms with Crippen LogP contribution in [0.4, 0.5) is 0 Å². The van der Waals surface area contributed by atoms with Gasteiger partial charge in [0.2, 0.25) is 0 Å². The zero-order valence-corrected chi connectivity index (χ0v) is 10.7. The van der Waals surface area contributed by atoms with E-state index in [-0.39, 0.29) is 12.4 Å². The van der Waals surface area contributed by atoms with Crippen molar-refractivity contribution in [3.8, 4) is 0 Å². The van der Waals surface area contributed by atoms with Crippen molar-refractivity contribution in [1.29, 1.82) is 0 Å². The van der Waals surface area contributed by atoms with Crippen LogP contribution in [0, 0.1) is 13.8 Å². The van der Waals surface area contributed by atoms with Crippen molar-refractivity contribution < 1.29 is 13.5 Å². The van der Waals surface area contributed by atoms with Crippen LogP contribution in [0.1, 0.15) is 23.6 Å². The molecule has 0 aromatic heterocycles. The second-order valence-electron chi connectivity index (χ2n) is 4.22. The molecule has 0 saturated heterocycles. The van der Waals surface area contributed by atoms with Crippen LogP contribution in [0.2, 0.25) is 0 Å². The third-order valence-electron chi connectivity index (χ3n) is 2.81. The molecule has 16 heavy (non-hydrogen) atoms. The molecule has 1 rings (SSSR count). The molecule has 0 spiro atoms. The molecule has 1 atom stereocenters. The second-order valence-corrected chi connectivity index (χ2v) is 6.64. The topological polar surface area (TPSA) is 54.4 Å². The Labute approximate surface area is 97.0 Å². The highest BCUT2D eigenvalue weighted by molar-refractivity contribution is 7.91. The molecule has 0 amide bonds. The van der Waals surface area contributed by atoms with E-state index in [0.717, 1.165) is 16.7 Å². The molecule has 0 fully saturated rings. The first-order chi connectivity index (χ1) is 7.36. The van der Waals surface area contributed by atoms with E-state index in [1.54, 1.807) is 0 Å². The van der Waals surface area contributed by atoms with E-state index in [4.69, 9.17) is 5.11 Å². The summed E-state index contributed by atoms with van der Waals surface area (Å²) in [6.07, 6.45) is 0. The van der Waals surface area contributed by atoms with Gasteiger partial charge >= 0.3 is 0 Å². The minimum absolute atomic E-state index is 0.00412. The number of sulfone groups is 1. The van der Waals surface area contributed by atoms with Gasteiger partial charge in [0.15, 0.2) is 9.84 Å². The molecule has 1 aromatic carbocycles. The van der Waals surface area contributed by atoms with Gasteiger partial charge in [-0.1, -0.05) is 18.2 Å². The number of aliphatic hydroxyl groups excluding tert-OH is 1. The average Bonchev–Trinajstić information content (AvgIpc) is 2.22. The van der Waals surface area contributed by atoms with Crippen LogP contribution in [-0.2, 0) is 15.6 Å². The van der Waals surface area contributed by atoms with Crippen molar-refractivity contribution in [2.45, 2.75) is 31.8 Å². The lowest BCUT2D eigenvalue weighted by Crippen LogP contribution is -2.23. The quantitative estimate of drug-likeness (QED) is 0.872. The van der Waals surface area contributed by atoms with Gasteiger partial charge in [0.05, 0.1) is 17.6 Å².